The number of carbonyl (C=O) groups excluding carboxylic acids is 3. The number of β-amino-alcohol motifs (C(OH)–C–C–N with tert-alkyl or cyclic N) is 1. The molecule has 2 aromatic rings. The van der Waals surface area contributed by atoms with Crippen molar-refractivity contribution < 1.29 is 32.3 Å². The maximum Gasteiger partial charge on any atom is 0.287 e. The minimum Gasteiger partial charge on any atom is -0.444 e. The molecule has 0 bridgehead atoms. The largest absolute Gasteiger partial charge is 0.444 e. The maximum absolute atomic E-state index is 14.1. The Balaban J connectivity index is 1.62. The number of piperidine rings is 1. The highest BCUT2D eigenvalue weighted by atomic mass is 79.9. The van der Waals surface area contributed by atoms with Gasteiger partial charge < -0.3 is 25.5 Å². The van der Waals surface area contributed by atoms with Gasteiger partial charge >= 0.3 is 0 Å². The van der Waals surface area contributed by atoms with Gasteiger partial charge in [0.05, 0.1) is 22.9 Å². The van der Waals surface area contributed by atoms with Gasteiger partial charge in [-0.25, -0.2) is 8.42 Å². The number of sulfone groups is 1. The molecule has 1 aromatic carbocycles. The molecule has 1 saturated carbocycles. The number of nitrogens with zero attached hydrogens (tertiary/aromatic N) is 1. The first kappa shape index (κ1) is 38.1. The van der Waals surface area contributed by atoms with Gasteiger partial charge in [0.1, 0.15) is 6.04 Å². The van der Waals surface area contributed by atoms with E-state index in [9.17, 15) is 27.9 Å². The fraction of sp³-hybridized carbons (Fsp3) is 0.629. The van der Waals surface area contributed by atoms with Crippen LogP contribution >= 0.6 is 15.9 Å². The summed E-state index contributed by atoms with van der Waals surface area (Å²) >= 11 is 3.16. The van der Waals surface area contributed by atoms with Gasteiger partial charge in [0.2, 0.25) is 11.8 Å². The van der Waals surface area contributed by atoms with E-state index in [1.165, 1.54) is 26.0 Å². The summed E-state index contributed by atoms with van der Waals surface area (Å²) in [6, 6.07) is 9.44. The zero-order chi connectivity index (χ0) is 35.4. The van der Waals surface area contributed by atoms with E-state index in [-0.39, 0.29) is 24.6 Å². The summed E-state index contributed by atoms with van der Waals surface area (Å²) in [5.41, 5.74) is 0.421. The normalized spacial score (nSPS) is 22.5. The molecule has 48 heavy (non-hydrogen) atoms. The van der Waals surface area contributed by atoms with E-state index in [1.54, 1.807) is 0 Å². The van der Waals surface area contributed by atoms with E-state index in [2.05, 4.69) is 36.8 Å². The van der Waals surface area contributed by atoms with E-state index in [0.29, 0.717) is 29.5 Å². The van der Waals surface area contributed by atoms with Gasteiger partial charge in [-0.2, -0.15) is 0 Å². The van der Waals surface area contributed by atoms with Gasteiger partial charge in [0.25, 0.3) is 5.91 Å². The van der Waals surface area contributed by atoms with E-state index in [1.807, 2.05) is 51.1 Å². The third kappa shape index (κ3) is 9.70. The lowest BCUT2D eigenvalue weighted by atomic mass is 9.72. The van der Waals surface area contributed by atoms with Crippen LogP contribution in [0.2, 0.25) is 0 Å². The first-order valence-electron chi connectivity index (χ1n) is 16.7. The standard InChI is InChI=1S/C35H51BrN4O7S/c1-34(2,3)39-31(42)26-19-23-14-10-11-15-24(23)20-40(26)21-27(41)25(18-22-12-8-7-9-13-22)37-33(44)30(35(4,5)48(6,45)46)38-32(43)28-16-17-29(36)47-28/h7-9,12-13,16-17,23-27,30,41H,10-11,14-15,18-21H2,1-6H3,(H,37,44)(H,38,43)(H,39,42)/t23-,24+,25?,26?,27?,30+/m0/s1. The minimum absolute atomic E-state index is 0.0791. The fourth-order valence-corrected chi connectivity index (χ4v) is 7.72. The molecule has 2 heterocycles. The molecular weight excluding hydrogens is 700 g/mol. The molecule has 1 aromatic heterocycles. The number of benzene rings is 1. The molecular formula is C35H51BrN4O7S. The van der Waals surface area contributed by atoms with Crippen LogP contribution in [-0.4, -0.2) is 90.0 Å². The maximum atomic E-state index is 14.1. The lowest BCUT2D eigenvalue weighted by Crippen LogP contribution is -2.64. The summed E-state index contributed by atoms with van der Waals surface area (Å²) in [5, 5.41) is 20.5. The molecule has 3 unspecified atom stereocenters. The number of amides is 3. The number of aliphatic hydroxyl groups is 1. The fourth-order valence-electron chi connectivity index (χ4n) is 6.82. The van der Waals surface area contributed by atoms with Gasteiger partial charge in [0, 0.05) is 24.9 Å². The first-order chi connectivity index (χ1) is 22.4. The highest BCUT2D eigenvalue weighted by molar-refractivity contribution is 9.10. The van der Waals surface area contributed by atoms with Gasteiger partial charge in [-0.05, 0) is 99.3 Å². The molecule has 1 aliphatic carbocycles. The Morgan fingerprint density at radius 1 is 1.00 bits per heavy atom. The minimum atomic E-state index is -3.88. The van der Waals surface area contributed by atoms with Gasteiger partial charge in [-0.3, -0.25) is 19.3 Å². The molecule has 266 valence electrons. The predicted octanol–water partition coefficient (Wildman–Crippen LogP) is 3.85. The molecule has 0 radical (unpaired) electrons. The molecule has 3 amide bonds. The smallest absolute Gasteiger partial charge is 0.287 e. The number of rotatable bonds is 12. The van der Waals surface area contributed by atoms with Crippen LogP contribution in [0.25, 0.3) is 0 Å². The van der Waals surface area contributed by atoms with Crippen molar-refractivity contribution in [2.45, 2.75) is 108 Å². The average Bonchev–Trinajstić information content (AvgIpc) is 3.44. The zero-order valence-corrected chi connectivity index (χ0v) is 31.2. The quantitative estimate of drug-likeness (QED) is 0.255. The van der Waals surface area contributed by atoms with Crippen LogP contribution in [-0.2, 0) is 25.8 Å². The lowest BCUT2D eigenvalue weighted by molar-refractivity contribution is -0.133. The SMILES string of the molecule is CC(C)(C)NC(=O)C1C[C@@H]2CCCC[C@@H]2CN1CC(O)C(Cc1ccccc1)NC(=O)[C@@H](NC(=O)c1ccc(Br)o1)C(C)(C)S(C)(=O)=O. The van der Waals surface area contributed by atoms with Crippen molar-refractivity contribution in [2.75, 3.05) is 19.3 Å². The Kier molecular flexibility index (Phi) is 12.2. The second-order valence-corrected chi connectivity index (χ2v) is 18.4. The Morgan fingerprint density at radius 2 is 1.65 bits per heavy atom. The van der Waals surface area contributed by atoms with Crippen LogP contribution in [0.1, 0.15) is 82.8 Å². The molecule has 13 heteroatoms. The molecule has 4 N–H and O–H groups in total. The summed E-state index contributed by atoms with van der Waals surface area (Å²) < 4.78 is 29.8. The van der Waals surface area contributed by atoms with Crippen molar-refractivity contribution in [2.24, 2.45) is 11.8 Å². The molecule has 0 spiro atoms. The van der Waals surface area contributed by atoms with Gasteiger partial charge in [-0.1, -0.05) is 49.6 Å². The van der Waals surface area contributed by atoms with E-state index < -0.39 is 56.2 Å². The van der Waals surface area contributed by atoms with Crippen LogP contribution in [0.15, 0.2) is 51.6 Å². The van der Waals surface area contributed by atoms with E-state index >= 15 is 0 Å². The van der Waals surface area contributed by atoms with Crippen LogP contribution < -0.4 is 16.0 Å². The molecule has 1 aliphatic heterocycles. The van der Waals surface area contributed by atoms with Crippen molar-refractivity contribution in [3.63, 3.8) is 0 Å². The van der Waals surface area contributed by atoms with E-state index in [4.69, 9.17) is 4.42 Å². The number of nitrogens with one attached hydrogen (secondary N) is 3. The summed E-state index contributed by atoms with van der Waals surface area (Å²) in [5.74, 6) is -0.845. The molecule has 6 atom stereocenters. The van der Waals surface area contributed by atoms with E-state index in [0.717, 1.165) is 37.5 Å². The van der Waals surface area contributed by atoms with Crippen molar-refractivity contribution in [3.05, 3.63) is 58.5 Å². The Morgan fingerprint density at radius 3 is 2.23 bits per heavy atom. The number of hydrogen-bond acceptors (Lipinski definition) is 8. The second kappa shape index (κ2) is 15.4. The van der Waals surface area contributed by atoms with Crippen LogP contribution in [0, 0.1) is 11.8 Å². The number of halogens is 1. The lowest BCUT2D eigenvalue weighted by Gasteiger charge is -2.47. The van der Waals surface area contributed by atoms with Gasteiger partial charge in [0.15, 0.2) is 20.3 Å². The summed E-state index contributed by atoms with van der Waals surface area (Å²) in [4.78, 5) is 42.9. The number of carbonyl (C=O) groups is 3. The summed E-state index contributed by atoms with van der Waals surface area (Å²) in [6.07, 6.45) is 5.28. The predicted molar refractivity (Wildman–Crippen MR) is 188 cm³/mol. The Labute approximate surface area is 293 Å². The number of furan rings is 1. The van der Waals surface area contributed by atoms with Gasteiger partial charge in [-0.15, -0.1) is 0 Å². The molecule has 2 aliphatic rings. The van der Waals surface area contributed by atoms with Crippen LogP contribution in [0.3, 0.4) is 0 Å². The molecule has 2 fully saturated rings. The number of aliphatic hydroxyl groups excluding tert-OH is 1. The topological polar surface area (TPSA) is 158 Å². The first-order valence-corrected chi connectivity index (χ1v) is 19.4. The highest BCUT2D eigenvalue weighted by Gasteiger charge is 2.46. The third-order valence-corrected chi connectivity index (χ3v) is 12.4. The average molecular weight is 752 g/mol. The highest BCUT2D eigenvalue weighted by Crippen LogP contribution is 2.39. The second-order valence-electron chi connectivity index (χ2n) is 15.0. The molecule has 1 saturated heterocycles. The summed E-state index contributed by atoms with van der Waals surface area (Å²) in [6.45, 7) is 9.37. The summed E-state index contributed by atoms with van der Waals surface area (Å²) in [7, 11) is -3.88. The zero-order valence-electron chi connectivity index (χ0n) is 28.8. The van der Waals surface area contributed by atoms with Crippen LogP contribution in [0.4, 0.5) is 0 Å². The van der Waals surface area contributed by atoms with Crippen molar-refractivity contribution in [1.29, 1.82) is 0 Å². The van der Waals surface area contributed by atoms with Crippen molar-refractivity contribution in [1.82, 2.24) is 20.9 Å². The number of likely N-dealkylation sites (tertiary alicyclic amines) is 1. The van der Waals surface area contributed by atoms with Crippen LogP contribution in [0.5, 0.6) is 0 Å². The molecule has 11 nitrogen and oxygen atoms in total. The third-order valence-electron chi connectivity index (χ3n) is 9.80. The monoisotopic (exact) mass is 750 g/mol. The number of fused-ring (bicyclic) bond motifs is 1. The Hall–Kier alpha value is -2.74. The number of hydrogen-bond donors (Lipinski definition) is 4. The van der Waals surface area contributed by atoms with Crippen molar-refractivity contribution >= 4 is 43.5 Å². The Bertz CT molecular complexity index is 1540. The molecule has 4 rings (SSSR count). The van der Waals surface area contributed by atoms with Crippen molar-refractivity contribution in [3.8, 4) is 0 Å².